The van der Waals surface area contributed by atoms with Crippen LogP contribution in [0.3, 0.4) is 0 Å². The molecule has 0 aromatic carbocycles. The molecule has 88 valence electrons. The molecular weight excluding hydrogens is 206 g/mol. The molecule has 5 nitrogen and oxygen atoms in total. The van der Waals surface area contributed by atoms with E-state index in [1.807, 2.05) is 0 Å². The lowest BCUT2D eigenvalue weighted by molar-refractivity contribution is -0.583. The third-order valence-corrected chi connectivity index (χ3v) is 2.36. The number of unbranched alkanes of at least 4 members (excludes halogenated alkanes) is 1. The molecule has 0 aliphatic carbocycles. The Hall–Kier alpha value is -1.46. The van der Waals surface area contributed by atoms with E-state index in [9.17, 15) is 9.90 Å². The summed E-state index contributed by atoms with van der Waals surface area (Å²) in [6.45, 7) is 0.602. The Morgan fingerprint density at radius 3 is 2.81 bits per heavy atom. The van der Waals surface area contributed by atoms with E-state index in [0.717, 1.165) is 17.4 Å². The first kappa shape index (κ1) is 12.6. The maximum absolute atomic E-state index is 11.8. The van der Waals surface area contributed by atoms with Gasteiger partial charge in [-0.15, -0.1) is 0 Å². The van der Waals surface area contributed by atoms with E-state index in [2.05, 4.69) is 0 Å². The first-order valence-electron chi connectivity index (χ1n) is 5.36. The van der Waals surface area contributed by atoms with Crippen LogP contribution in [0.15, 0.2) is 24.4 Å². The van der Waals surface area contributed by atoms with Gasteiger partial charge >= 0.3 is 11.8 Å². The van der Waals surface area contributed by atoms with E-state index in [1.165, 1.54) is 12.3 Å². The maximum atomic E-state index is 11.8. The second-order valence-electron chi connectivity index (χ2n) is 3.66. The molecule has 0 saturated heterocycles. The third-order valence-electron chi connectivity index (χ3n) is 2.36. The Bertz CT molecular complexity index is 355. The van der Waals surface area contributed by atoms with Crippen molar-refractivity contribution in [1.29, 1.82) is 0 Å². The molecular formula is C11H18N3O2+. The van der Waals surface area contributed by atoms with Crippen molar-refractivity contribution < 1.29 is 14.5 Å². The Balaban J connectivity index is 2.60. The average Bonchev–Trinajstić information content (AvgIpc) is 2.29. The number of nitrogens with zero attached hydrogens (tertiary/aromatic N) is 1. The lowest BCUT2D eigenvalue weighted by Crippen LogP contribution is -2.52. The van der Waals surface area contributed by atoms with E-state index in [-0.39, 0.29) is 11.8 Å². The van der Waals surface area contributed by atoms with Crippen LogP contribution >= 0.6 is 0 Å². The summed E-state index contributed by atoms with van der Waals surface area (Å²) in [5.74, 6) is -0.392. The van der Waals surface area contributed by atoms with Crippen molar-refractivity contribution in [3.63, 3.8) is 0 Å². The molecule has 0 saturated carbocycles. The molecule has 0 spiro atoms. The summed E-state index contributed by atoms with van der Waals surface area (Å²) in [6.07, 6.45) is 3.75. The summed E-state index contributed by atoms with van der Waals surface area (Å²) in [7, 11) is 0. The van der Waals surface area contributed by atoms with E-state index in [4.69, 9.17) is 11.5 Å². The highest BCUT2D eigenvalue weighted by molar-refractivity contribution is 5.73. The molecule has 0 unspecified atom stereocenters. The topological polar surface area (TPSA) is 93.2 Å². The molecule has 5 heteroatoms. The van der Waals surface area contributed by atoms with Crippen molar-refractivity contribution in [2.24, 2.45) is 11.5 Å². The Labute approximate surface area is 94.7 Å². The lowest BCUT2D eigenvalue weighted by atomic mass is 10.1. The van der Waals surface area contributed by atoms with Gasteiger partial charge < -0.3 is 16.6 Å². The van der Waals surface area contributed by atoms with Gasteiger partial charge in [0.2, 0.25) is 0 Å². The van der Waals surface area contributed by atoms with Gasteiger partial charge in [-0.3, -0.25) is 0 Å². The van der Waals surface area contributed by atoms with Gasteiger partial charge in [0.05, 0.1) is 6.07 Å². The second kappa shape index (κ2) is 6.19. The molecule has 1 heterocycles. The van der Waals surface area contributed by atoms with Crippen LogP contribution in [0.4, 0.5) is 0 Å². The zero-order chi connectivity index (χ0) is 12.0. The average molecular weight is 224 g/mol. The van der Waals surface area contributed by atoms with Gasteiger partial charge in [0, 0.05) is 6.07 Å². The molecule has 0 radical (unpaired) electrons. The van der Waals surface area contributed by atoms with Crippen LogP contribution in [0.25, 0.3) is 0 Å². The number of carbonyl (C=O) groups excluding carboxylic acids is 1. The van der Waals surface area contributed by atoms with Crippen LogP contribution in [-0.2, 0) is 0 Å². The van der Waals surface area contributed by atoms with Gasteiger partial charge in [-0.05, 0) is 31.9 Å². The minimum Gasteiger partial charge on any atom is -0.459 e. The first-order valence-corrected chi connectivity index (χ1v) is 5.36. The SMILES string of the molecule is NCCCC[C@H](N)C(=O)[n+]1ccccc1O. The molecule has 1 atom stereocenters. The van der Waals surface area contributed by atoms with E-state index in [0.29, 0.717) is 13.0 Å². The first-order chi connectivity index (χ1) is 7.66. The number of aromatic hydroxyl groups is 1. The second-order valence-corrected chi connectivity index (χ2v) is 3.66. The quantitative estimate of drug-likeness (QED) is 0.476. The number of hydrogen-bond acceptors (Lipinski definition) is 4. The van der Waals surface area contributed by atoms with Crippen molar-refractivity contribution in [3.8, 4) is 5.88 Å². The number of carbonyl (C=O) groups is 1. The standard InChI is InChI=1S/C11H17N3O2/c12-7-3-1-5-9(13)11(16)14-8-4-2-6-10(14)15/h2,4,6,8-9H,1,3,5,7,12-13H2/p+1/t9-/m0/s1. The van der Waals surface area contributed by atoms with Crippen LogP contribution in [0.2, 0.25) is 0 Å². The van der Waals surface area contributed by atoms with Crippen LogP contribution in [0.1, 0.15) is 24.1 Å². The molecule has 0 bridgehead atoms. The van der Waals surface area contributed by atoms with Crippen molar-refractivity contribution in [1.82, 2.24) is 0 Å². The minimum atomic E-state index is -0.593. The van der Waals surface area contributed by atoms with Crippen molar-refractivity contribution in [3.05, 3.63) is 24.4 Å². The molecule has 0 aliphatic rings. The molecule has 1 aromatic heterocycles. The van der Waals surface area contributed by atoms with E-state index < -0.39 is 6.04 Å². The van der Waals surface area contributed by atoms with Gasteiger partial charge in [0.1, 0.15) is 6.04 Å². The molecule has 0 amide bonds. The maximum Gasteiger partial charge on any atom is 0.412 e. The van der Waals surface area contributed by atoms with Crippen molar-refractivity contribution >= 4 is 5.91 Å². The summed E-state index contributed by atoms with van der Waals surface area (Å²) in [5.41, 5.74) is 11.1. The van der Waals surface area contributed by atoms with Crippen LogP contribution < -0.4 is 16.0 Å². The smallest absolute Gasteiger partial charge is 0.412 e. The van der Waals surface area contributed by atoms with E-state index in [1.54, 1.807) is 12.1 Å². The summed E-state index contributed by atoms with van der Waals surface area (Å²) in [4.78, 5) is 11.8. The van der Waals surface area contributed by atoms with Gasteiger partial charge in [-0.2, -0.15) is 0 Å². The third kappa shape index (κ3) is 3.29. The van der Waals surface area contributed by atoms with Gasteiger partial charge in [0.15, 0.2) is 6.20 Å². The molecule has 0 aliphatic heterocycles. The molecule has 0 fully saturated rings. The van der Waals surface area contributed by atoms with E-state index >= 15 is 0 Å². The highest BCUT2D eigenvalue weighted by Gasteiger charge is 2.25. The number of aromatic nitrogens is 1. The Morgan fingerprint density at radius 2 is 2.19 bits per heavy atom. The number of nitrogens with two attached hydrogens (primary N) is 2. The summed E-state index contributed by atoms with van der Waals surface area (Å²) in [5, 5.41) is 9.47. The monoisotopic (exact) mass is 224 g/mol. The summed E-state index contributed by atoms with van der Waals surface area (Å²) in [6, 6.07) is 4.18. The van der Waals surface area contributed by atoms with Crippen LogP contribution in [-0.4, -0.2) is 23.6 Å². The normalized spacial score (nSPS) is 12.4. The molecule has 1 rings (SSSR count). The summed E-state index contributed by atoms with van der Waals surface area (Å²) >= 11 is 0. The van der Waals surface area contributed by atoms with Crippen LogP contribution in [0, 0.1) is 0 Å². The zero-order valence-electron chi connectivity index (χ0n) is 9.17. The number of pyridine rings is 1. The summed E-state index contributed by atoms with van der Waals surface area (Å²) < 4.78 is 1.16. The predicted octanol–water partition coefficient (Wildman–Crippen LogP) is -0.224. The highest BCUT2D eigenvalue weighted by atomic mass is 16.3. The molecule has 1 aromatic rings. The number of hydrogen-bond donors (Lipinski definition) is 3. The minimum absolute atomic E-state index is 0.0956. The number of rotatable bonds is 5. The molecule has 5 N–H and O–H groups in total. The van der Waals surface area contributed by atoms with Crippen molar-refractivity contribution in [2.45, 2.75) is 25.3 Å². The fraction of sp³-hybridized carbons (Fsp3) is 0.455. The van der Waals surface area contributed by atoms with Gasteiger partial charge in [-0.1, -0.05) is 4.57 Å². The Morgan fingerprint density at radius 1 is 1.44 bits per heavy atom. The Kier molecular flexibility index (Phi) is 4.88. The van der Waals surface area contributed by atoms with Crippen LogP contribution in [0.5, 0.6) is 5.88 Å². The lowest BCUT2D eigenvalue weighted by Gasteiger charge is -2.05. The van der Waals surface area contributed by atoms with Crippen molar-refractivity contribution in [2.75, 3.05) is 6.54 Å². The fourth-order valence-electron chi connectivity index (χ4n) is 1.43. The zero-order valence-corrected chi connectivity index (χ0v) is 9.17. The largest absolute Gasteiger partial charge is 0.459 e. The van der Waals surface area contributed by atoms with Gasteiger partial charge in [-0.25, -0.2) is 4.79 Å². The molecule has 16 heavy (non-hydrogen) atoms. The predicted molar refractivity (Wildman–Crippen MR) is 59.8 cm³/mol. The highest BCUT2D eigenvalue weighted by Crippen LogP contribution is 2.02. The fourth-order valence-corrected chi connectivity index (χ4v) is 1.43. The van der Waals surface area contributed by atoms with Gasteiger partial charge in [0.25, 0.3) is 0 Å².